The molecule has 0 spiro atoms. The molecule has 0 fully saturated rings. The van der Waals surface area contributed by atoms with E-state index in [2.05, 4.69) is 10.3 Å². The number of nitrogens with one attached hydrogen (secondary N) is 1. The second-order valence-electron chi connectivity index (χ2n) is 4.69. The molecule has 1 N–H and O–H groups in total. The third-order valence-electron chi connectivity index (χ3n) is 3.39. The quantitative estimate of drug-likeness (QED) is 0.761. The normalized spacial score (nSPS) is 10.5. The molecular weight excluding hydrogens is 300 g/mol. The van der Waals surface area contributed by atoms with Crippen LogP contribution in [0.25, 0.3) is 10.9 Å². The molecule has 22 heavy (non-hydrogen) atoms. The summed E-state index contributed by atoms with van der Waals surface area (Å²) in [7, 11) is 3.22. The van der Waals surface area contributed by atoms with Crippen molar-refractivity contribution in [1.29, 1.82) is 0 Å². The Morgan fingerprint density at radius 3 is 2.41 bits per heavy atom. The van der Waals surface area contributed by atoms with Crippen LogP contribution in [0.15, 0.2) is 48.7 Å². The van der Waals surface area contributed by atoms with Crippen molar-refractivity contribution in [2.45, 2.75) is 0 Å². The van der Waals surface area contributed by atoms with Gasteiger partial charge in [-0.05, 0) is 24.3 Å². The smallest absolute Gasteiger partial charge is 0.162 e. The molecule has 0 amide bonds. The number of rotatable bonds is 4. The van der Waals surface area contributed by atoms with E-state index in [9.17, 15) is 0 Å². The Bertz CT molecular complexity index is 821. The Kier molecular flexibility index (Phi) is 4.02. The van der Waals surface area contributed by atoms with E-state index in [4.69, 9.17) is 21.1 Å². The SMILES string of the molecule is COc1cc2nccc(Nc3ccccc3Cl)c2cc1OC. The zero-order valence-corrected chi connectivity index (χ0v) is 13.0. The lowest BCUT2D eigenvalue weighted by Gasteiger charge is -2.13. The number of hydrogen-bond donors (Lipinski definition) is 1. The van der Waals surface area contributed by atoms with Crippen LogP contribution in [-0.4, -0.2) is 19.2 Å². The third kappa shape index (κ3) is 2.65. The number of anilines is 2. The minimum atomic E-state index is 0.650. The highest BCUT2D eigenvalue weighted by molar-refractivity contribution is 6.33. The summed E-state index contributed by atoms with van der Waals surface area (Å²) in [4.78, 5) is 4.38. The van der Waals surface area contributed by atoms with Gasteiger partial charge in [0.05, 0.1) is 30.4 Å². The Morgan fingerprint density at radius 1 is 0.955 bits per heavy atom. The molecule has 2 aromatic carbocycles. The van der Waals surface area contributed by atoms with Gasteiger partial charge in [0, 0.05) is 23.3 Å². The summed E-state index contributed by atoms with van der Waals surface area (Å²) < 4.78 is 10.7. The predicted molar refractivity (Wildman–Crippen MR) is 89.6 cm³/mol. The number of para-hydroxylation sites is 1. The number of benzene rings is 2. The van der Waals surface area contributed by atoms with Crippen molar-refractivity contribution >= 4 is 33.9 Å². The molecule has 0 aliphatic heterocycles. The Labute approximate surface area is 133 Å². The van der Waals surface area contributed by atoms with Crippen molar-refractivity contribution in [1.82, 2.24) is 4.98 Å². The van der Waals surface area contributed by atoms with Crippen LogP contribution in [0, 0.1) is 0 Å². The Hall–Kier alpha value is -2.46. The minimum absolute atomic E-state index is 0.650. The minimum Gasteiger partial charge on any atom is -0.493 e. The second-order valence-corrected chi connectivity index (χ2v) is 5.09. The Morgan fingerprint density at radius 2 is 1.68 bits per heavy atom. The van der Waals surface area contributed by atoms with Gasteiger partial charge in [0.1, 0.15) is 0 Å². The summed E-state index contributed by atoms with van der Waals surface area (Å²) in [5, 5.41) is 4.93. The van der Waals surface area contributed by atoms with Gasteiger partial charge in [-0.1, -0.05) is 23.7 Å². The largest absolute Gasteiger partial charge is 0.493 e. The van der Waals surface area contributed by atoms with Gasteiger partial charge in [-0.15, -0.1) is 0 Å². The zero-order chi connectivity index (χ0) is 15.5. The fourth-order valence-electron chi connectivity index (χ4n) is 2.29. The lowest BCUT2D eigenvalue weighted by Crippen LogP contribution is -1.96. The summed E-state index contributed by atoms with van der Waals surface area (Å²) >= 11 is 6.21. The number of hydrogen-bond acceptors (Lipinski definition) is 4. The molecule has 1 aromatic heterocycles. The number of halogens is 1. The summed E-state index contributed by atoms with van der Waals surface area (Å²) in [5.74, 6) is 1.31. The highest BCUT2D eigenvalue weighted by atomic mass is 35.5. The lowest BCUT2D eigenvalue weighted by molar-refractivity contribution is 0.356. The number of ether oxygens (including phenoxy) is 2. The fourth-order valence-corrected chi connectivity index (χ4v) is 2.47. The number of nitrogens with zero attached hydrogens (tertiary/aromatic N) is 1. The number of aromatic nitrogens is 1. The van der Waals surface area contributed by atoms with Gasteiger partial charge in [-0.2, -0.15) is 0 Å². The maximum atomic E-state index is 6.21. The van der Waals surface area contributed by atoms with Gasteiger partial charge in [0.2, 0.25) is 0 Å². The first-order chi connectivity index (χ1) is 10.7. The molecule has 0 bridgehead atoms. The first kappa shape index (κ1) is 14.5. The molecule has 0 unspecified atom stereocenters. The highest BCUT2D eigenvalue weighted by Crippen LogP contribution is 2.36. The molecule has 1 heterocycles. The van der Waals surface area contributed by atoms with Crippen LogP contribution in [-0.2, 0) is 0 Å². The van der Waals surface area contributed by atoms with Crippen molar-refractivity contribution in [3.63, 3.8) is 0 Å². The maximum Gasteiger partial charge on any atom is 0.162 e. The number of fused-ring (bicyclic) bond motifs is 1. The molecule has 0 radical (unpaired) electrons. The monoisotopic (exact) mass is 314 g/mol. The van der Waals surface area contributed by atoms with E-state index >= 15 is 0 Å². The van der Waals surface area contributed by atoms with Crippen molar-refractivity contribution in [2.75, 3.05) is 19.5 Å². The molecule has 3 rings (SSSR count). The summed E-state index contributed by atoms with van der Waals surface area (Å²) in [5.41, 5.74) is 2.56. The topological polar surface area (TPSA) is 43.4 Å². The van der Waals surface area contributed by atoms with Crippen molar-refractivity contribution in [3.05, 3.63) is 53.7 Å². The van der Waals surface area contributed by atoms with Gasteiger partial charge in [-0.3, -0.25) is 4.98 Å². The van der Waals surface area contributed by atoms with E-state index in [0.29, 0.717) is 16.5 Å². The molecule has 3 aromatic rings. The average Bonchev–Trinajstić information content (AvgIpc) is 2.56. The van der Waals surface area contributed by atoms with E-state index in [-0.39, 0.29) is 0 Å². The molecule has 112 valence electrons. The van der Waals surface area contributed by atoms with Gasteiger partial charge in [-0.25, -0.2) is 0 Å². The van der Waals surface area contributed by atoms with E-state index in [1.165, 1.54) is 0 Å². The van der Waals surface area contributed by atoms with Crippen LogP contribution in [0.3, 0.4) is 0 Å². The summed E-state index contributed by atoms with van der Waals surface area (Å²) in [6, 6.07) is 13.3. The number of pyridine rings is 1. The van der Waals surface area contributed by atoms with Gasteiger partial charge < -0.3 is 14.8 Å². The average molecular weight is 315 g/mol. The van der Waals surface area contributed by atoms with Crippen molar-refractivity contribution in [3.8, 4) is 11.5 Å². The molecule has 0 saturated carbocycles. The first-order valence-electron chi connectivity index (χ1n) is 6.75. The summed E-state index contributed by atoms with van der Waals surface area (Å²) in [6.07, 6.45) is 1.74. The molecule has 0 aliphatic rings. The third-order valence-corrected chi connectivity index (χ3v) is 3.72. The fraction of sp³-hybridized carbons (Fsp3) is 0.118. The van der Waals surface area contributed by atoms with Crippen LogP contribution in [0.5, 0.6) is 11.5 Å². The molecule has 4 nitrogen and oxygen atoms in total. The molecule has 0 saturated heterocycles. The lowest BCUT2D eigenvalue weighted by atomic mass is 10.1. The Balaban J connectivity index is 2.12. The van der Waals surface area contributed by atoms with Gasteiger partial charge in [0.15, 0.2) is 11.5 Å². The van der Waals surface area contributed by atoms with E-state index in [1.807, 2.05) is 42.5 Å². The van der Waals surface area contributed by atoms with Crippen LogP contribution in [0.2, 0.25) is 5.02 Å². The molecular formula is C17H15ClN2O2. The van der Waals surface area contributed by atoms with Crippen molar-refractivity contribution < 1.29 is 9.47 Å². The van der Waals surface area contributed by atoms with Crippen LogP contribution < -0.4 is 14.8 Å². The highest BCUT2D eigenvalue weighted by Gasteiger charge is 2.10. The van der Waals surface area contributed by atoms with Crippen LogP contribution in [0.1, 0.15) is 0 Å². The maximum absolute atomic E-state index is 6.21. The van der Waals surface area contributed by atoms with E-state index in [1.54, 1.807) is 20.4 Å². The zero-order valence-electron chi connectivity index (χ0n) is 12.3. The molecule has 0 aliphatic carbocycles. The standard InChI is InChI=1S/C17H15ClN2O2/c1-21-16-9-11-13(20-14-6-4-3-5-12(14)18)7-8-19-15(11)10-17(16)22-2/h3-10H,1-2H3,(H,19,20). The van der Waals surface area contributed by atoms with Crippen LogP contribution >= 0.6 is 11.6 Å². The predicted octanol–water partition coefficient (Wildman–Crippen LogP) is 4.65. The van der Waals surface area contributed by atoms with Gasteiger partial charge in [0.25, 0.3) is 0 Å². The van der Waals surface area contributed by atoms with Crippen LogP contribution in [0.4, 0.5) is 11.4 Å². The summed E-state index contributed by atoms with van der Waals surface area (Å²) in [6.45, 7) is 0. The van der Waals surface area contributed by atoms with E-state index in [0.717, 1.165) is 22.3 Å². The number of methoxy groups -OCH3 is 2. The van der Waals surface area contributed by atoms with E-state index < -0.39 is 0 Å². The molecule has 5 heteroatoms. The molecule has 0 atom stereocenters. The van der Waals surface area contributed by atoms with Gasteiger partial charge >= 0.3 is 0 Å². The first-order valence-corrected chi connectivity index (χ1v) is 7.13. The van der Waals surface area contributed by atoms with Crippen molar-refractivity contribution in [2.24, 2.45) is 0 Å². The second kappa shape index (κ2) is 6.12.